The Labute approximate surface area is 100 Å². The third kappa shape index (κ3) is 2.00. The summed E-state index contributed by atoms with van der Waals surface area (Å²) in [5.74, 6) is -0.145. The molecule has 1 amide bonds. The van der Waals surface area contributed by atoms with Crippen LogP contribution < -0.4 is 5.73 Å². The highest BCUT2D eigenvalue weighted by atomic mass is 16.3. The Bertz CT molecular complexity index is 441. The van der Waals surface area contributed by atoms with Crippen LogP contribution in [-0.4, -0.2) is 44.9 Å². The SMILES string of the molecule is CCc1nn(C)c(C(=O)N2CC[C@@H](O)C2)c1N. The van der Waals surface area contributed by atoms with Gasteiger partial charge in [-0.05, 0) is 12.8 Å². The number of nitrogens with zero attached hydrogens (tertiary/aromatic N) is 3. The second-order valence-electron chi connectivity index (χ2n) is 4.38. The molecule has 1 aliphatic heterocycles. The van der Waals surface area contributed by atoms with Crippen LogP contribution in [-0.2, 0) is 13.5 Å². The van der Waals surface area contributed by atoms with Crippen LogP contribution in [0, 0.1) is 0 Å². The quantitative estimate of drug-likeness (QED) is 0.745. The number of nitrogen functional groups attached to an aromatic ring is 1. The van der Waals surface area contributed by atoms with Crippen molar-refractivity contribution in [2.75, 3.05) is 18.8 Å². The monoisotopic (exact) mass is 238 g/mol. The van der Waals surface area contributed by atoms with E-state index in [2.05, 4.69) is 5.10 Å². The minimum atomic E-state index is -0.418. The van der Waals surface area contributed by atoms with Gasteiger partial charge in [0, 0.05) is 20.1 Å². The van der Waals surface area contributed by atoms with Crippen molar-refractivity contribution in [3.8, 4) is 0 Å². The van der Waals surface area contributed by atoms with Gasteiger partial charge in [0.15, 0.2) is 0 Å². The zero-order valence-corrected chi connectivity index (χ0v) is 10.2. The van der Waals surface area contributed by atoms with E-state index in [0.29, 0.717) is 37.3 Å². The van der Waals surface area contributed by atoms with E-state index in [9.17, 15) is 9.90 Å². The second kappa shape index (κ2) is 4.37. The Morgan fingerprint density at radius 1 is 1.65 bits per heavy atom. The molecule has 17 heavy (non-hydrogen) atoms. The fourth-order valence-corrected chi connectivity index (χ4v) is 2.19. The summed E-state index contributed by atoms with van der Waals surface area (Å²) in [6, 6.07) is 0. The van der Waals surface area contributed by atoms with Crippen molar-refractivity contribution >= 4 is 11.6 Å². The molecule has 1 aromatic rings. The van der Waals surface area contributed by atoms with Crippen LogP contribution in [0.1, 0.15) is 29.5 Å². The Hall–Kier alpha value is -1.56. The number of aliphatic hydroxyl groups excluding tert-OH is 1. The lowest BCUT2D eigenvalue weighted by molar-refractivity contribution is 0.0755. The highest BCUT2D eigenvalue weighted by Crippen LogP contribution is 2.21. The number of amides is 1. The van der Waals surface area contributed by atoms with E-state index >= 15 is 0 Å². The molecule has 0 radical (unpaired) electrons. The average molecular weight is 238 g/mol. The van der Waals surface area contributed by atoms with Crippen LogP contribution in [0.5, 0.6) is 0 Å². The number of aliphatic hydroxyl groups is 1. The van der Waals surface area contributed by atoms with Gasteiger partial charge in [-0.15, -0.1) is 0 Å². The molecule has 0 bridgehead atoms. The van der Waals surface area contributed by atoms with E-state index in [1.807, 2.05) is 6.92 Å². The van der Waals surface area contributed by atoms with Gasteiger partial charge >= 0.3 is 0 Å². The van der Waals surface area contributed by atoms with Gasteiger partial charge in [0.2, 0.25) is 0 Å². The third-order valence-corrected chi connectivity index (χ3v) is 3.15. The number of likely N-dealkylation sites (tertiary alicyclic amines) is 1. The maximum atomic E-state index is 12.2. The van der Waals surface area contributed by atoms with Crippen molar-refractivity contribution in [2.24, 2.45) is 7.05 Å². The predicted molar refractivity (Wildman–Crippen MR) is 63.5 cm³/mol. The molecule has 3 N–H and O–H groups in total. The van der Waals surface area contributed by atoms with Crippen molar-refractivity contribution in [1.29, 1.82) is 0 Å². The first-order chi connectivity index (χ1) is 8.04. The standard InChI is InChI=1S/C11H18N4O2/c1-3-8-9(12)10(14(2)13-8)11(17)15-5-4-7(16)6-15/h7,16H,3-6,12H2,1-2H3/t7-/m1/s1. The van der Waals surface area contributed by atoms with Gasteiger partial charge in [0.25, 0.3) is 5.91 Å². The Kier molecular flexibility index (Phi) is 3.06. The van der Waals surface area contributed by atoms with Crippen LogP contribution in [0.3, 0.4) is 0 Å². The van der Waals surface area contributed by atoms with Crippen LogP contribution in [0.4, 0.5) is 5.69 Å². The van der Waals surface area contributed by atoms with Crippen molar-refractivity contribution in [3.05, 3.63) is 11.4 Å². The van der Waals surface area contributed by atoms with E-state index in [-0.39, 0.29) is 5.91 Å². The highest BCUT2D eigenvalue weighted by Gasteiger charge is 2.29. The zero-order valence-electron chi connectivity index (χ0n) is 10.2. The van der Waals surface area contributed by atoms with Gasteiger partial charge in [-0.1, -0.05) is 6.92 Å². The molecule has 0 aromatic carbocycles. The molecule has 1 atom stereocenters. The summed E-state index contributed by atoms with van der Waals surface area (Å²) in [5.41, 5.74) is 7.56. The fraction of sp³-hybridized carbons (Fsp3) is 0.636. The smallest absolute Gasteiger partial charge is 0.274 e. The number of carbonyl (C=O) groups is 1. The second-order valence-corrected chi connectivity index (χ2v) is 4.38. The summed E-state index contributed by atoms with van der Waals surface area (Å²) < 4.78 is 1.53. The van der Waals surface area contributed by atoms with Gasteiger partial charge in [0.05, 0.1) is 17.5 Å². The molecule has 0 aliphatic carbocycles. The molecule has 6 nitrogen and oxygen atoms in total. The van der Waals surface area contributed by atoms with Crippen molar-refractivity contribution in [2.45, 2.75) is 25.9 Å². The maximum Gasteiger partial charge on any atom is 0.274 e. The number of nitrogens with two attached hydrogens (primary N) is 1. The summed E-state index contributed by atoms with van der Waals surface area (Å²) in [7, 11) is 1.72. The van der Waals surface area contributed by atoms with Crippen LogP contribution in [0.2, 0.25) is 0 Å². The Balaban J connectivity index is 2.28. The number of β-amino-alcohol motifs (C(OH)–C–C–N with tert-alkyl or cyclic N) is 1. The molecule has 1 aliphatic rings. The topological polar surface area (TPSA) is 84.4 Å². The predicted octanol–water partition coefficient (Wildman–Crippen LogP) is -0.228. The number of hydrogen-bond acceptors (Lipinski definition) is 4. The van der Waals surface area contributed by atoms with E-state index in [4.69, 9.17) is 5.73 Å². The maximum absolute atomic E-state index is 12.2. The zero-order chi connectivity index (χ0) is 12.6. The first kappa shape index (κ1) is 11.9. The summed E-state index contributed by atoms with van der Waals surface area (Å²) >= 11 is 0. The number of carbonyl (C=O) groups excluding carboxylic acids is 1. The molecule has 2 rings (SSSR count). The first-order valence-corrected chi connectivity index (χ1v) is 5.83. The van der Waals surface area contributed by atoms with Gasteiger partial charge in [0.1, 0.15) is 5.69 Å². The lowest BCUT2D eigenvalue weighted by Crippen LogP contribution is -2.31. The van der Waals surface area contributed by atoms with E-state index in [1.165, 1.54) is 4.68 Å². The molecule has 0 saturated carbocycles. The molecule has 2 heterocycles. The molecule has 0 spiro atoms. The molecular weight excluding hydrogens is 220 g/mol. The van der Waals surface area contributed by atoms with Crippen LogP contribution >= 0.6 is 0 Å². The van der Waals surface area contributed by atoms with Crippen LogP contribution in [0.15, 0.2) is 0 Å². The van der Waals surface area contributed by atoms with Gasteiger partial charge in [-0.2, -0.15) is 5.10 Å². The normalized spacial score (nSPS) is 19.9. The van der Waals surface area contributed by atoms with Crippen molar-refractivity contribution in [1.82, 2.24) is 14.7 Å². The lowest BCUT2D eigenvalue weighted by Gasteiger charge is -2.15. The van der Waals surface area contributed by atoms with E-state index in [1.54, 1.807) is 11.9 Å². The van der Waals surface area contributed by atoms with Crippen LogP contribution in [0.25, 0.3) is 0 Å². The molecule has 94 valence electrons. The largest absolute Gasteiger partial charge is 0.395 e. The molecule has 1 aromatic heterocycles. The van der Waals surface area contributed by atoms with Gasteiger partial charge in [-0.3, -0.25) is 9.48 Å². The average Bonchev–Trinajstić information content (AvgIpc) is 2.83. The summed E-state index contributed by atoms with van der Waals surface area (Å²) in [6.07, 6.45) is 0.915. The van der Waals surface area contributed by atoms with Gasteiger partial charge < -0.3 is 15.7 Å². The summed E-state index contributed by atoms with van der Waals surface area (Å²) in [4.78, 5) is 13.9. The van der Waals surface area contributed by atoms with E-state index in [0.717, 1.165) is 5.69 Å². The molecule has 1 saturated heterocycles. The van der Waals surface area contributed by atoms with Crippen molar-refractivity contribution < 1.29 is 9.90 Å². The van der Waals surface area contributed by atoms with E-state index < -0.39 is 6.10 Å². The first-order valence-electron chi connectivity index (χ1n) is 5.83. The fourth-order valence-electron chi connectivity index (χ4n) is 2.19. The summed E-state index contributed by atoms with van der Waals surface area (Å²) in [5, 5.41) is 13.7. The Morgan fingerprint density at radius 3 is 2.82 bits per heavy atom. The number of aryl methyl sites for hydroxylation is 2. The lowest BCUT2D eigenvalue weighted by atomic mass is 10.2. The Morgan fingerprint density at radius 2 is 2.35 bits per heavy atom. The third-order valence-electron chi connectivity index (χ3n) is 3.15. The number of rotatable bonds is 2. The number of anilines is 1. The highest BCUT2D eigenvalue weighted by molar-refractivity contribution is 5.98. The minimum Gasteiger partial charge on any atom is -0.395 e. The summed E-state index contributed by atoms with van der Waals surface area (Å²) in [6.45, 7) is 2.91. The van der Waals surface area contributed by atoms with Gasteiger partial charge in [-0.25, -0.2) is 0 Å². The molecule has 0 unspecified atom stereocenters. The minimum absolute atomic E-state index is 0.145. The number of aromatic nitrogens is 2. The van der Waals surface area contributed by atoms with Crippen molar-refractivity contribution in [3.63, 3.8) is 0 Å². The molecular formula is C11H18N4O2. The molecule has 6 heteroatoms. The molecule has 1 fully saturated rings. The number of hydrogen-bond donors (Lipinski definition) is 2.